The minimum Gasteiger partial charge on any atom is -0.207 e. The molecule has 0 saturated heterocycles. The molecule has 2 aromatic carbocycles. The van der Waals surface area contributed by atoms with Gasteiger partial charge in [0.15, 0.2) is 0 Å². The zero-order valence-electron chi connectivity index (χ0n) is 8.60. The highest BCUT2D eigenvalue weighted by molar-refractivity contribution is 6.43. The molecule has 0 amide bonds. The molecule has 0 radical (unpaired) electrons. The fourth-order valence-electron chi connectivity index (χ4n) is 1.54. The molecule has 0 heterocycles. The predicted molar refractivity (Wildman–Crippen MR) is 66.6 cm³/mol. The Hall–Kier alpha value is -1.05. The number of halogens is 3. The van der Waals surface area contributed by atoms with E-state index in [2.05, 4.69) is 0 Å². The summed E-state index contributed by atoms with van der Waals surface area (Å²) >= 11 is 12.0. The lowest BCUT2D eigenvalue weighted by Crippen LogP contribution is -1.85. The van der Waals surface area contributed by atoms with E-state index in [9.17, 15) is 4.39 Å². The first-order valence-corrected chi connectivity index (χ1v) is 5.55. The van der Waals surface area contributed by atoms with E-state index in [1.54, 1.807) is 25.1 Å². The molecular formula is C13H9Cl2F. The van der Waals surface area contributed by atoms with Crippen LogP contribution >= 0.6 is 23.2 Å². The van der Waals surface area contributed by atoms with Crippen molar-refractivity contribution in [3.05, 3.63) is 57.8 Å². The second-order valence-corrected chi connectivity index (χ2v) is 4.35. The minimum atomic E-state index is -0.220. The summed E-state index contributed by atoms with van der Waals surface area (Å²) in [6, 6.07) is 10.3. The van der Waals surface area contributed by atoms with Crippen LogP contribution in [-0.2, 0) is 0 Å². The fourth-order valence-corrected chi connectivity index (χ4v) is 1.95. The smallest absolute Gasteiger partial charge is 0.126 e. The lowest BCUT2D eigenvalue weighted by molar-refractivity contribution is 0.619. The highest BCUT2D eigenvalue weighted by Gasteiger charge is 2.07. The third-order valence-electron chi connectivity index (χ3n) is 2.42. The SMILES string of the molecule is Cc1cc(-c2cccc(Cl)c2Cl)ccc1F. The molecule has 2 rings (SSSR count). The molecule has 0 nitrogen and oxygen atoms in total. The molecule has 2 aromatic rings. The zero-order chi connectivity index (χ0) is 11.7. The molecule has 0 aliphatic rings. The highest BCUT2D eigenvalue weighted by Crippen LogP contribution is 2.33. The zero-order valence-corrected chi connectivity index (χ0v) is 10.1. The van der Waals surface area contributed by atoms with Crippen molar-refractivity contribution in [2.75, 3.05) is 0 Å². The van der Waals surface area contributed by atoms with Crippen molar-refractivity contribution in [3.63, 3.8) is 0 Å². The average Bonchev–Trinajstić information content (AvgIpc) is 2.26. The van der Waals surface area contributed by atoms with Gasteiger partial charge >= 0.3 is 0 Å². The van der Waals surface area contributed by atoms with Crippen LogP contribution < -0.4 is 0 Å². The Morgan fingerprint density at radius 2 is 1.81 bits per heavy atom. The number of hydrogen-bond acceptors (Lipinski definition) is 0. The molecule has 16 heavy (non-hydrogen) atoms. The van der Waals surface area contributed by atoms with Gasteiger partial charge in [-0.3, -0.25) is 0 Å². The molecule has 0 spiro atoms. The third kappa shape index (κ3) is 2.06. The van der Waals surface area contributed by atoms with E-state index in [4.69, 9.17) is 23.2 Å². The van der Waals surface area contributed by atoms with Gasteiger partial charge in [-0.25, -0.2) is 4.39 Å². The van der Waals surface area contributed by atoms with Crippen LogP contribution in [0.1, 0.15) is 5.56 Å². The number of benzene rings is 2. The van der Waals surface area contributed by atoms with Crippen LogP contribution in [0, 0.1) is 12.7 Å². The summed E-state index contributed by atoms with van der Waals surface area (Å²) in [5.41, 5.74) is 2.28. The highest BCUT2D eigenvalue weighted by atomic mass is 35.5. The first-order chi connectivity index (χ1) is 7.59. The minimum absolute atomic E-state index is 0.220. The van der Waals surface area contributed by atoms with Gasteiger partial charge in [0.1, 0.15) is 5.82 Å². The summed E-state index contributed by atoms with van der Waals surface area (Å²) in [7, 11) is 0. The molecule has 0 N–H and O–H groups in total. The molecule has 0 bridgehead atoms. The van der Waals surface area contributed by atoms with Crippen LogP contribution in [0.4, 0.5) is 4.39 Å². The Morgan fingerprint density at radius 3 is 2.50 bits per heavy atom. The Morgan fingerprint density at radius 1 is 1.06 bits per heavy atom. The largest absolute Gasteiger partial charge is 0.207 e. The van der Waals surface area contributed by atoms with Gasteiger partial charge in [-0.05, 0) is 36.2 Å². The van der Waals surface area contributed by atoms with Crippen LogP contribution in [0.25, 0.3) is 11.1 Å². The van der Waals surface area contributed by atoms with E-state index in [1.807, 2.05) is 12.1 Å². The van der Waals surface area contributed by atoms with Gasteiger partial charge in [0.25, 0.3) is 0 Å². The van der Waals surface area contributed by atoms with Gasteiger partial charge < -0.3 is 0 Å². The van der Waals surface area contributed by atoms with Crippen LogP contribution in [0.2, 0.25) is 10.0 Å². The number of aryl methyl sites for hydroxylation is 1. The third-order valence-corrected chi connectivity index (χ3v) is 3.24. The molecule has 0 aromatic heterocycles. The van der Waals surface area contributed by atoms with Gasteiger partial charge in [-0.2, -0.15) is 0 Å². The molecule has 0 unspecified atom stereocenters. The van der Waals surface area contributed by atoms with Crippen molar-refractivity contribution >= 4 is 23.2 Å². The molecule has 0 saturated carbocycles. The van der Waals surface area contributed by atoms with Crippen molar-refractivity contribution in [2.45, 2.75) is 6.92 Å². The fraction of sp³-hybridized carbons (Fsp3) is 0.0769. The lowest BCUT2D eigenvalue weighted by atomic mass is 10.0. The Balaban J connectivity index is 2.59. The Bertz CT molecular complexity index is 535. The molecular weight excluding hydrogens is 246 g/mol. The van der Waals surface area contributed by atoms with E-state index in [1.165, 1.54) is 6.07 Å². The summed E-state index contributed by atoms with van der Waals surface area (Å²) in [6.45, 7) is 1.72. The second-order valence-electron chi connectivity index (χ2n) is 3.57. The van der Waals surface area contributed by atoms with Crippen molar-refractivity contribution in [1.82, 2.24) is 0 Å². The van der Waals surface area contributed by atoms with Crippen LogP contribution in [0.3, 0.4) is 0 Å². The topological polar surface area (TPSA) is 0 Å². The first-order valence-electron chi connectivity index (χ1n) is 4.80. The monoisotopic (exact) mass is 254 g/mol. The van der Waals surface area contributed by atoms with Crippen molar-refractivity contribution in [3.8, 4) is 11.1 Å². The van der Waals surface area contributed by atoms with E-state index in [0.717, 1.165) is 11.1 Å². The average molecular weight is 255 g/mol. The van der Waals surface area contributed by atoms with E-state index in [0.29, 0.717) is 15.6 Å². The molecule has 0 atom stereocenters. The van der Waals surface area contributed by atoms with Gasteiger partial charge in [0.05, 0.1) is 10.0 Å². The predicted octanol–water partition coefficient (Wildman–Crippen LogP) is 5.11. The van der Waals surface area contributed by atoms with Gasteiger partial charge in [0.2, 0.25) is 0 Å². The standard InChI is InChI=1S/C13H9Cl2F/c1-8-7-9(5-6-12(8)16)10-3-2-4-11(14)13(10)15/h2-7H,1H3. The maximum atomic E-state index is 13.1. The van der Waals surface area contributed by atoms with Crippen LogP contribution in [-0.4, -0.2) is 0 Å². The van der Waals surface area contributed by atoms with Crippen molar-refractivity contribution in [2.24, 2.45) is 0 Å². The summed E-state index contributed by atoms with van der Waals surface area (Å²) in [5, 5.41) is 0.997. The van der Waals surface area contributed by atoms with Gasteiger partial charge in [0, 0.05) is 5.56 Å². The van der Waals surface area contributed by atoms with Crippen LogP contribution in [0.15, 0.2) is 36.4 Å². The Kier molecular flexibility index (Phi) is 3.17. The van der Waals surface area contributed by atoms with E-state index in [-0.39, 0.29) is 5.82 Å². The molecule has 0 fully saturated rings. The van der Waals surface area contributed by atoms with Crippen molar-refractivity contribution < 1.29 is 4.39 Å². The molecule has 0 aliphatic carbocycles. The van der Waals surface area contributed by atoms with Gasteiger partial charge in [-0.15, -0.1) is 0 Å². The summed E-state index contributed by atoms with van der Waals surface area (Å²) in [6.07, 6.45) is 0. The lowest BCUT2D eigenvalue weighted by Gasteiger charge is -2.07. The first kappa shape index (κ1) is 11.4. The maximum Gasteiger partial charge on any atom is 0.126 e. The maximum absolute atomic E-state index is 13.1. The van der Waals surface area contributed by atoms with E-state index < -0.39 is 0 Å². The number of rotatable bonds is 1. The van der Waals surface area contributed by atoms with E-state index >= 15 is 0 Å². The normalized spacial score (nSPS) is 10.5. The van der Waals surface area contributed by atoms with Gasteiger partial charge in [-0.1, -0.05) is 41.4 Å². The summed E-state index contributed by atoms with van der Waals surface area (Å²) in [5.74, 6) is -0.220. The summed E-state index contributed by atoms with van der Waals surface area (Å²) < 4.78 is 13.1. The van der Waals surface area contributed by atoms with Crippen molar-refractivity contribution in [1.29, 1.82) is 0 Å². The second kappa shape index (κ2) is 4.44. The number of hydrogen-bond donors (Lipinski definition) is 0. The summed E-state index contributed by atoms with van der Waals surface area (Å²) in [4.78, 5) is 0. The molecule has 3 heteroatoms. The Labute approximate surface area is 104 Å². The molecule has 82 valence electrons. The van der Waals surface area contributed by atoms with Crippen LogP contribution in [0.5, 0.6) is 0 Å². The quantitative estimate of drug-likeness (QED) is 0.664. The molecule has 0 aliphatic heterocycles.